The molecule has 0 radical (unpaired) electrons. The number of hydrogen-bond acceptors (Lipinski definition) is 4. The van der Waals surface area contributed by atoms with Crippen LogP contribution in [0.5, 0.6) is 0 Å². The second-order valence-electron chi connectivity index (χ2n) is 6.79. The van der Waals surface area contributed by atoms with Crippen LogP contribution in [0.15, 0.2) is 17.1 Å². The van der Waals surface area contributed by atoms with Gasteiger partial charge in [0.15, 0.2) is 5.82 Å². The zero-order valence-corrected chi connectivity index (χ0v) is 16.6. The highest BCUT2D eigenvalue weighted by atomic mass is 35.5. The van der Waals surface area contributed by atoms with Crippen LogP contribution in [-0.2, 0) is 6.54 Å². The number of carbonyl (C=O) groups is 1. The van der Waals surface area contributed by atoms with Gasteiger partial charge in [0.1, 0.15) is 17.1 Å². The molecule has 2 N–H and O–H groups in total. The number of aromatic nitrogens is 1. The first-order valence-electron chi connectivity index (χ1n) is 9.13. The molecule has 28 heavy (non-hydrogen) atoms. The predicted octanol–water partition coefficient (Wildman–Crippen LogP) is 2.86. The molecule has 3 rings (SSSR count). The lowest BCUT2D eigenvalue weighted by Gasteiger charge is -2.22. The van der Waals surface area contributed by atoms with Crippen molar-refractivity contribution in [3.05, 3.63) is 39.7 Å². The van der Waals surface area contributed by atoms with Gasteiger partial charge in [-0.3, -0.25) is 4.79 Å². The van der Waals surface area contributed by atoms with Crippen LogP contribution in [0.1, 0.15) is 30.6 Å². The van der Waals surface area contributed by atoms with E-state index in [0.717, 1.165) is 31.8 Å². The van der Waals surface area contributed by atoms with Crippen LogP contribution in [-0.4, -0.2) is 41.8 Å². The van der Waals surface area contributed by atoms with Gasteiger partial charge in [-0.1, -0.05) is 6.92 Å². The van der Waals surface area contributed by atoms with Crippen LogP contribution in [0.25, 0.3) is 10.9 Å². The third-order valence-electron chi connectivity index (χ3n) is 5.09. The van der Waals surface area contributed by atoms with Gasteiger partial charge >= 0.3 is 5.97 Å². The maximum atomic E-state index is 15.3. The number of nitrogens with zero attached hydrogens (tertiary/aromatic N) is 2. The van der Waals surface area contributed by atoms with Crippen LogP contribution < -0.4 is 15.6 Å². The number of pyridine rings is 1. The van der Waals surface area contributed by atoms with Gasteiger partial charge in [-0.25, -0.2) is 13.6 Å². The van der Waals surface area contributed by atoms with E-state index in [1.165, 1.54) is 4.57 Å². The molecule has 1 saturated heterocycles. The van der Waals surface area contributed by atoms with Crippen LogP contribution in [0.2, 0.25) is 0 Å². The van der Waals surface area contributed by atoms with Crippen molar-refractivity contribution in [1.29, 1.82) is 0 Å². The molecule has 2 heterocycles. The Hall–Kier alpha value is -2.19. The van der Waals surface area contributed by atoms with Gasteiger partial charge in [-0.2, -0.15) is 0 Å². The van der Waals surface area contributed by atoms with Crippen molar-refractivity contribution in [3.63, 3.8) is 0 Å². The van der Waals surface area contributed by atoms with Gasteiger partial charge < -0.3 is 19.9 Å². The topological polar surface area (TPSA) is 74.6 Å². The summed E-state index contributed by atoms with van der Waals surface area (Å²) in [4.78, 5) is 25.4. The fourth-order valence-corrected chi connectivity index (χ4v) is 3.72. The molecule has 0 bridgehead atoms. The molecule has 0 aliphatic carbocycles. The molecular formula is C19H24ClF2N3O3. The van der Waals surface area contributed by atoms with Gasteiger partial charge in [0, 0.05) is 25.8 Å². The second-order valence-corrected chi connectivity index (χ2v) is 6.79. The second kappa shape index (κ2) is 8.87. The van der Waals surface area contributed by atoms with Crippen LogP contribution in [0.4, 0.5) is 14.5 Å². The molecule has 1 aliphatic rings. The average Bonchev–Trinajstić information content (AvgIpc) is 3.09. The number of carboxylic acids is 1. The zero-order chi connectivity index (χ0) is 19.7. The molecule has 1 atom stereocenters. The van der Waals surface area contributed by atoms with Crippen LogP contribution in [0.3, 0.4) is 0 Å². The van der Waals surface area contributed by atoms with Gasteiger partial charge in [-0.05, 0) is 38.4 Å². The highest BCUT2D eigenvalue weighted by Crippen LogP contribution is 2.33. The summed E-state index contributed by atoms with van der Waals surface area (Å²) in [6.07, 6.45) is 1.94. The zero-order valence-electron chi connectivity index (χ0n) is 15.8. The van der Waals surface area contributed by atoms with Crippen molar-refractivity contribution in [2.75, 3.05) is 31.1 Å². The quantitative estimate of drug-likeness (QED) is 0.758. The monoisotopic (exact) mass is 415 g/mol. The lowest BCUT2D eigenvalue weighted by molar-refractivity contribution is 0.0695. The maximum absolute atomic E-state index is 15.3. The molecular weight excluding hydrogens is 392 g/mol. The molecule has 1 unspecified atom stereocenters. The normalized spacial score (nSPS) is 16.4. The number of nitrogens with one attached hydrogen (secondary N) is 1. The third kappa shape index (κ3) is 3.84. The van der Waals surface area contributed by atoms with E-state index < -0.39 is 28.6 Å². The van der Waals surface area contributed by atoms with Crippen molar-refractivity contribution in [2.45, 2.75) is 26.8 Å². The summed E-state index contributed by atoms with van der Waals surface area (Å²) < 4.78 is 31.4. The first-order chi connectivity index (χ1) is 12.9. The van der Waals surface area contributed by atoms with E-state index in [4.69, 9.17) is 0 Å². The Kier molecular flexibility index (Phi) is 7.01. The fourth-order valence-electron chi connectivity index (χ4n) is 3.72. The Bertz CT molecular complexity index is 948. The molecule has 0 saturated carbocycles. The summed E-state index contributed by atoms with van der Waals surface area (Å²) in [7, 11) is 0. The van der Waals surface area contributed by atoms with E-state index in [9.17, 15) is 19.1 Å². The number of aryl methyl sites for hydroxylation is 1. The summed E-state index contributed by atoms with van der Waals surface area (Å²) in [6, 6.07) is 0.965. The summed E-state index contributed by atoms with van der Waals surface area (Å²) in [5.41, 5.74) is -1.58. The van der Waals surface area contributed by atoms with Crippen molar-refractivity contribution < 1.29 is 18.7 Å². The molecule has 2 aromatic rings. The Morgan fingerprint density at radius 3 is 2.68 bits per heavy atom. The van der Waals surface area contributed by atoms with Crippen molar-refractivity contribution >= 4 is 35.0 Å². The standard InChI is InChI=1S/C19H23F2N3O3.ClH/c1-3-22-8-11-5-6-24(9-11)17-14(20)7-12-16(15(17)21)23(4-2)10-13(18(12)25)19(26)27;/h7,10-11,22H,3-6,8-9H2,1-2H3,(H,26,27);1H. The Labute approximate surface area is 167 Å². The van der Waals surface area contributed by atoms with E-state index >= 15 is 4.39 Å². The molecule has 1 aromatic heterocycles. The maximum Gasteiger partial charge on any atom is 0.341 e. The SMILES string of the molecule is CCNCC1CCN(c2c(F)cc3c(=O)c(C(=O)O)cn(CC)c3c2F)C1.Cl. The van der Waals surface area contributed by atoms with Crippen molar-refractivity contribution in [1.82, 2.24) is 9.88 Å². The van der Waals surface area contributed by atoms with E-state index in [-0.39, 0.29) is 35.5 Å². The first kappa shape index (κ1) is 22.1. The minimum Gasteiger partial charge on any atom is -0.477 e. The first-order valence-corrected chi connectivity index (χ1v) is 9.13. The number of fused-ring (bicyclic) bond motifs is 1. The fraction of sp³-hybridized carbons (Fsp3) is 0.474. The van der Waals surface area contributed by atoms with E-state index in [2.05, 4.69) is 5.32 Å². The molecule has 6 nitrogen and oxygen atoms in total. The summed E-state index contributed by atoms with van der Waals surface area (Å²) >= 11 is 0. The molecule has 0 spiro atoms. The minimum atomic E-state index is -1.42. The highest BCUT2D eigenvalue weighted by molar-refractivity contribution is 5.93. The van der Waals surface area contributed by atoms with E-state index in [1.807, 2.05) is 6.92 Å². The number of anilines is 1. The molecule has 154 valence electrons. The lowest BCUT2D eigenvalue weighted by Crippen LogP contribution is -2.28. The number of rotatable bonds is 6. The van der Waals surface area contributed by atoms with Gasteiger partial charge in [0.05, 0.1) is 10.9 Å². The van der Waals surface area contributed by atoms with Gasteiger partial charge in [0.2, 0.25) is 5.43 Å². The van der Waals surface area contributed by atoms with Gasteiger partial charge in [-0.15, -0.1) is 12.4 Å². The van der Waals surface area contributed by atoms with Crippen molar-refractivity contribution in [3.8, 4) is 0 Å². The summed E-state index contributed by atoms with van der Waals surface area (Å²) in [6.45, 7) is 6.64. The number of aromatic carboxylic acids is 1. The molecule has 0 amide bonds. The van der Waals surface area contributed by atoms with Crippen molar-refractivity contribution in [2.24, 2.45) is 5.92 Å². The Morgan fingerprint density at radius 1 is 1.36 bits per heavy atom. The number of hydrogen-bond donors (Lipinski definition) is 2. The number of benzene rings is 1. The number of halogens is 3. The largest absolute Gasteiger partial charge is 0.477 e. The Morgan fingerprint density at radius 2 is 2.07 bits per heavy atom. The van der Waals surface area contributed by atoms with Crippen LogP contribution >= 0.6 is 12.4 Å². The van der Waals surface area contributed by atoms with E-state index in [0.29, 0.717) is 19.0 Å². The lowest BCUT2D eigenvalue weighted by atomic mass is 10.1. The Balaban J connectivity index is 0.00000280. The predicted molar refractivity (Wildman–Crippen MR) is 107 cm³/mol. The number of carboxylic acid groups (broad SMARTS) is 1. The summed E-state index contributed by atoms with van der Waals surface area (Å²) in [5.74, 6) is -2.78. The highest BCUT2D eigenvalue weighted by Gasteiger charge is 2.29. The molecule has 1 fully saturated rings. The molecule has 9 heteroatoms. The van der Waals surface area contributed by atoms with Gasteiger partial charge in [0.25, 0.3) is 0 Å². The third-order valence-corrected chi connectivity index (χ3v) is 5.09. The minimum absolute atomic E-state index is 0. The molecule has 1 aliphatic heterocycles. The smallest absolute Gasteiger partial charge is 0.341 e. The average molecular weight is 416 g/mol. The van der Waals surface area contributed by atoms with E-state index in [1.54, 1.807) is 11.8 Å². The van der Waals surface area contributed by atoms with Crippen LogP contribution in [0, 0.1) is 17.6 Å². The summed E-state index contributed by atoms with van der Waals surface area (Å²) in [5, 5.41) is 12.2. The molecule has 1 aromatic carbocycles.